The average molecular weight is 254 g/mol. The zero-order valence-electron chi connectivity index (χ0n) is 13.3. The smallest absolute Gasteiger partial charge is 0.335 e. The van der Waals surface area contributed by atoms with E-state index in [0.717, 1.165) is 12.0 Å². The van der Waals surface area contributed by atoms with Crippen LogP contribution < -0.4 is 0 Å². The maximum absolute atomic E-state index is 10.6. The van der Waals surface area contributed by atoms with Crippen LogP contribution in [0.1, 0.15) is 70.0 Å². The van der Waals surface area contributed by atoms with E-state index in [9.17, 15) is 4.79 Å². The number of benzene rings is 1. The van der Waals surface area contributed by atoms with Crippen LogP contribution in [-0.2, 0) is 6.42 Å². The zero-order valence-corrected chi connectivity index (χ0v) is 13.3. The van der Waals surface area contributed by atoms with Crippen molar-refractivity contribution in [1.82, 2.24) is 0 Å². The van der Waals surface area contributed by atoms with E-state index >= 15 is 0 Å². The lowest BCUT2D eigenvalue weighted by Gasteiger charge is -2.02. The number of aryl methyl sites for hydroxylation is 2. The molecule has 1 N–H and O–H groups in total. The molecule has 0 aliphatic rings. The largest absolute Gasteiger partial charge is 0.478 e. The second kappa shape index (κ2) is 15.7. The van der Waals surface area contributed by atoms with Crippen LogP contribution in [0.5, 0.6) is 0 Å². The van der Waals surface area contributed by atoms with Crippen LogP contribution in [0.15, 0.2) is 18.2 Å². The Morgan fingerprint density at radius 2 is 1.50 bits per heavy atom. The van der Waals surface area contributed by atoms with Gasteiger partial charge < -0.3 is 5.11 Å². The zero-order chi connectivity index (χ0) is 15.1. The van der Waals surface area contributed by atoms with Gasteiger partial charge in [0.25, 0.3) is 0 Å². The topological polar surface area (TPSA) is 37.3 Å². The van der Waals surface area contributed by atoms with E-state index in [-0.39, 0.29) is 0 Å². The first-order valence-electron chi connectivity index (χ1n) is 6.98. The summed E-state index contributed by atoms with van der Waals surface area (Å²) in [7, 11) is 0. The molecule has 18 heavy (non-hydrogen) atoms. The molecule has 0 saturated carbocycles. The van der Waals surface area contributed by atoms with Crippen molar-refractivity contribution in [3.8, 4) is 0 Å². The highest BCUT2D eigenvalue weighted by molar-refractivity contribution is 5.87. The SMILES string of the molecule is CC.CC.CC.CCc1ccc(C(=O)O)cc1C. The van der Waals surface area contributed by atoms with Crippen molar-refractivity contribution in [2.45, 2.75) is 61.8 Å². The van der Waals surface area contributed by atoms with Crippen molar-refractivity contribution in [2.75, 3.05) is 0 Å². The molecule has 0 amide bonds. The van der Waals surface area contributed by atoms with Crippen molar-refractivity contribution >= 4 is 5.97 Å². The maximum Gasteiger partial charge on any atom is 0.335 e. The number of carboxylic acids is 1. The van der Waals surface area contributed by atoms with E-state index in [2.05, 4.69) is 6.92 Å². The van der Waals surface area contributed by atoms with Crippen LogP contribution in [0.3, 0.4) is 0 Å². The van der Waals surface area contributed by atoms with Gasteiger partial charge in [0.15, 0.2) is 0 Å². The summed E-state index contributed by atoms with van der Waals surface area (Å²) < 4.78 is 0. The minimum atomic E-state index is -0.860. The molecule has 2 nitrogen and oxygen atoms in total. The minimum absolute atomic E-state index is 0.365. The molecule has 0 fully saturated rings. The lowest BCUT2D eigenvalue weighted by molar-refractivity contribution is 0.0697. The molecule has 0 saturated heterocycles. The van der Waals surface area contributed by atoms with Crippen LogP contribution in [0.4, 0.5) is 0 Å². The van der Waals surface area contributed by atoms with E-state index in [1.807, 2.05) is 54.5 Å². The predicted octanol–water partition coefficient (Wildman–Crippen LogP) is 5.33. The van der Waals surface area contributed by atoms with Crippen molar-refractivity contribution in [3.63, 3.8) is 0 Å². The van der Waals surface area contributed by atoms with Crippen molar-refractivity contribution in [3.05, 3.63) is 34.9 Å². The summed E-state index contributed by atoms with van der Waals surface area (Å²) in [4.78, 5) is 10.6. The Labute approximate surface area is 113 Å². The van der Waals surface area contributed by atoms with Gasteiger partial charge in [-0.2, -0.15) is 0 Å². The Bertz CT molecular complexity index is 304. The molecule has 1 aromatic carbocycles. The molecule has 0 radical (unpaired) electrons. The number of hydrogen-bond acceptors (Lipinski definition) is 1. The lowest BCUT2D eigenvalue weighted by atomic mass is 10.0. The fraction of sp³-hybridized carbons (Fsp3) is 0.562. The van der Waals surface area contributed by atoms with E-state index < -0.39 is 5.97 Å². The van der Waals surface area contributed by atoms with E-state index in [4.69, 9.17) is 5.11 Å². The summed E-state index contributed by atoms with van der Waals surface area (Å²) in [6.45, 7) is 16.0. The van der Waals surface area contributed by atoms with Crippen LogP contribution in [0.2, 0.25) is 0 Å². The second-order valence-corrected chi connectivity index (χ2v) is 2.80. The molecule has 2 heteroatoms. The minimum Gasteiger partial charge on any atom is -0.478 e. The Morgan fingerprint density at radius 3 is 1.78 bits per heavy atom. The molecule has 0 heterocycles. The first-order chi connectivity index (χ1) is 8.65. The van der Waals surface area contributed by atoms with Crippen molar-refractivity contribution < 1.29 is 9.90 Å². The number of carbonyl (C=O) groups is 1. The second-order valence-electron chi connectivity index (χ2n) is 2.80. The third-order valence-corrected chi connectivity index (χ3v) is 1.97. The summed E-state index contributed by atoms with van der Waals surface area (Å²) in [5.41, 5.74) is 2.63. The molecule has 0 aliphatic heterocycles. The standard InChI is InChI=1S/C10H12O2.3C2H6/c1-3-8-4-5-9(10(11)12)6-7(8)2;3*1-2/h4-6H,3H2,1-2H3,(H,11,12);3*1-2H3. The van der Waals surface area contributed by atoms with Crippen LogP contribution in [0.25, 0.3) is 0 Å². The first kappa shape index (κ1) is 21.9. The highest BCUT2D eigenvalue weighted by atomic mass is 16.4. The molecule has 0 aromatic heterocycles. The van der Waals surface area contributed by atoms with Gasteiger partial charge in [0.05, 0.1) is 5.56 Å². The van der Waals surface area contributed by atoms with Crippen LogP contribution in [-0.4, -0.2) is 11.1 Å². The monoisotopic (exact) mass is 254 g/mol. The molecule has 106 valence electrons. The molecule has 1 aromatic rings. The molecule has 0 atom stereocenters. The van der Waals surface area contributed by atoms with Gasteiger partial charge in [-0.3, -0.25) is 0 Å². The Morgan fingerprint density at radius 1 is 1.06 bits per heavy atom. The highest BCUT2D eigenvalue weighted by Gasteiger charge is 2.03. The van der Waals surface area contributed by atoms with Gasteiger partial charge in [-0.05, 0) is 36.6 Å². The van der Waals surface area contributed by atoms with Gasteiger partial charge in [0.2, 0.25) is 0 Å². The lowest BCUT2D eigenvalue weighted by Crippen LogP contribution is -1.97. The van der Waals surface area contributed by atoms with Gasteiger partial charge in [0, 0.05) is 0 Å². The quantitative estimate of drug-likeness (QED) is 0.774. The summed E-state index contributed by atoms with van der Waals surface area (Å²) >= 11 is 0. The van der Waals surface area contributed by atoms with E-state index in [1.54, 1.807) is 12.1 Å². The normalized spacial score (nSPS) is 7.56. The fourth-order valence-electron chi connectivity index (χ4n) is 1.23. The number of hydrogen-bond donors (Lipinski definition) is 1. The van der Waals surface area contributed by atoms with Gasteiger partial charge >= 0.3 is 5.97 Å². The molecular weight excluding hydrogens is 224 g/mol. The predicted molar refractivity (Wildman–Crippen MR) is 81.6 cm³/mol. The third kappa shape index (κ3) is 8.80. The van der Waals surface area contributed by atoms with Crippen LogP contribution >= 0.6 is 0 Å². The molecular formula is C16H30O2. The number of aromatic carboxylic acids is 1. The van der Waals surface area contributed by atoms with Gasteiger partial charge in [0.1, 0.15) is 0 Å². The van der Waals surface area contributed by atoms with Gasteiger partial charge in [-0.15, -0.1) is 0 Å². The molecule has 0 aliphatic carbocycles. The molecule has 0 spiro atoms. The fourth-order valence-corrected chi connectivity index (χ4v) is 1.23. The Balaban J connectivity index is -0.000000328. The summed E-state index contributed by atoms with van der Waals surface area (Å²) in [6, 6.07) is 5.23. The molecule has 1 rings (SSSR count). The summed E-state index contributed by atoms with van der Waals surface area (Å²) in [6.07, 6.45) is 0.950. The van der Waals surface area contributed by atoms with E-state index in [1.165, 1.54) is 5.56 Å². The first-order valence-corrected chi connectivity index (χ1v) is 6.98. The van der Waals surface area contributed by atoms with Crippen LogP contribution in [0, 0.1) is 6.92 Å². The van der Waals surface area contributed by atoms with Crippen molar-refractivity contribution in [1.29, 1.82) is 0 Å². The average Bonchev–Trinajstić information content (AvgIpc) is 2.45. The third-order valence-electron chi connectivity index (χ3n) is 1.97. The maximum atomic E-state index is 10.6. The number of carboxylic acid groups (broad SMARTS) is 1. The number of rotatable bonds is 2. The molecule has 0 unspecified atom stereocenters. The highest BCUT2D eigenvalue weighted by Crippen LogP contribution is 2.11. The van der Waals surface area contributed by atoms with Gasteiger partial charge in [-0.25, -0.2) is 4.79 Å². The summed E-state index contributed by atoms with van der Waals surface area (Å²) in [5.74, 6) is -0.860. The Kier molecular flexibility index (Phi) is 19.1. The van der Waals surface area contributed by atoms with E-state index in [0.29, 0.717) is 5.56 Å². The van der Waals surface area contributed by atoms with Gasteiger partial charge in [-0.1, -0.05) is 54.5 Å². The van der Waals surface area contributed by atoms with Crippen molar-refractivity contribution in [2.24, 2.45) is 0 Å². The Hall–Kier alpha value is -1.31. The molecule has 0 bridgehead atoms. The summed E-state index contributed by atoms with van der Waals surface area (Å²) in [5, 5.41) is 8.67.